The Morgan fingerprint density at radius 3 is 1.56 bits per heavy atom. The highest BCUT2D eigenvalue weighted by Gasteiger charge is 2.29. The van der Waals surface area contributed by atoms with Crippen LogP contribution in [-0.4, -0.2) is 37.5 Å². The summed E-state index contributed by atoms with van der Waals surface area (Å²) in [6.45, 7) is 7.06. The van der Waals surface area contributed by atoms with Crippen LogP contribution in [-0.2, 0) is 19.1 Å². The molecule has 1 rings (SSSR count). The third kappa shape index (κ3) is 18.6. The Morgan fingerprint density at radius 2 is 1.10 bits per heavy atom. The lowest BCUT2D eigenvalue weighted by molar-refractivity contribution is -0.147. The molecule has 0 fully saturated rings. The van der Waals surface area contributed by atoms with Crippen molar-refractivity contribution in [1.29, 1.82) is 0 Å². The number of nitrogens with one attached hydrogen (secondary N) is 1. The van der Waals surface area contributed by atoms with Gasteiger partial charge in [0.15, 0.2) is 5.78 Å². The van der Waals surface area contributed by atoms with E-state index in [9.17, 15) is 14.4 Å². The minimum atomic E-state index is -1.01. The van der Waals surface area contributed by atoms with E-state index in [0.29, 0.717) is 5.56 Å². The molecule has 0 radical (unpaired) electrons. The first-order valence-electron chi connectivity index (χ1n) is 16.7. The number of ketones is 1. The molecular weight excluding hydrogens is 514 g/mol. The van der Waals surface area contributed by atoms with Crippen LogP contribution < -0.4 is 5.32 Å². The Morgan fingerprint density at radius 1 is 0.634 bits per heavy atom. The van der Waals surface area contributed by atoms with Gasteiger partial charge in [0.2, 0.25) is 0 Å². The quantitative estimate of drug-likeness (QED) is 0.0488. The number of Topliss-reactive ketones (excluding diaryl/α,β-unsaturated/α-hetero) is 1. The van der Waals surface area contributed by atoms with E-state index in [2.05, 4.69) is 12.2 Å². The van der Waals surface area contributed by atoms with E-state index in [-0.39, 0.29) is 31.8 Å². The Labute approximate surface area is 250 Å². The molecule has 0 saturated carbocycles. The van der Waals surface area contributed by atoms with Gasteiger partial charge in [-0.15, -0.1) is 0 Å². The molecule has 6 nitrogen and oxygen atoms in total. The van der Waals surface area contributed by atoms with Gasteiger partial charge >= 0.3 is 11.9 Å². The molecule has 0 aliphatic rings. The molecule has 1 aromatic carbocycles. The number of unbranched alkanes of at least 4 members (excludes halogenated alkanes) is 16. The van der Waals surface area contributed by atoms with E-state index >= 15 is 0 Å². The van der Waals surface area contributed by atoms with Crippen LogP contribution in [0.15, 0.2) is 24.3 Å². The number of benzene rings is 1. The molecule has 41 heavy (non-hydrogen) atoms. The van der Waals surface area contributed by atoms with Gasteiger partial charge in [0.1, 0.15) is 5.92 Å². The van der Waals surface area contributed by atoms with Gasteiger partial charge in [-0.3, -0.25) is 14.4 Å². The SMILES string of the molecule is CCCCCCCCCCCCCCCCCCCNc1ccc(C(=O)C(CCC(=O)OCC)C(=O)OCC)cc1. The summed E-state index contributed by atoms with van der Waals surface area (Å²) in [5.41, 5.74) is 1.40. The number of carbonyl (C=O) groups is 3. The second kappa shape index (κ2) is 25.3. The summed E-state index contributed by atoms with van der Waals surface area (Å²) >= 11 is 0. The summed E-state index contributed by atoms with van der Waals surface area (Å²) in [6.07, 6.45) is 23.3. The van der Waals surface area contributed by atoms with E-state index in [1.54, 1.807) is 26.0 Å². The maximum absolute atomic E-state index is 13.0. The molecule has 0 bridgehead atoms. The van der Waals surface area contributed by atoms with Crippen molar-refractivity contribution in [3.63, 3.8) is 0 Å². The standard InChI is InChI=1S/C35H59NO5/c1-4-7-8-9-10-11-12-13-14-15-16-17-18-19-20-21-22-29-36-31-25-23-30(24-26-31)34(38)32(35(39)41-6-3)27-28-33(37)40-5-2/h23-26,32,36H,4-22,27-29H2,1-3H3. The summed E-state index contributed by atoms with van der Waals surface area (Å²) < 4.78 is 10.0. The number of hydrogen-bond donors (Lipinski definition) is 1. The van der Waals surface area contributed by atoms with E-state index in [1.165, 1.54) is 103 Å². The number of carbonyl (C=O) groups excluding carboxylic acids is 3. The summed E-state index contributed by atoms with van der Waals surface area (Å²) in [6, 6.07) is 7.20. The van der Waals surface area contributed by atoms with Gasteiger partial charge in [-0.1, -0.05) is 110 Å². The number of hydrogen-bond acceptors (Lipinski definition) is 6. The van der Waals surface area contributed by atoms with Crippen molar-refractivity contribution >= 4 is 23.4 Å². The molecule has 1 atom stereocenters. The summed E-state index contributed by atoms with van der Waals surface area (Å²) in [7, 11) is 0. The first kappa shape index (κ1) is 36.7. The molecule has 234 valence electrons. The van der Waals surface area contributed by atoms with Gasteiger partial charge < -0.3 is 14.8 Å². The maximum atomic E-state index is 13.0. The third-order valence-corrected chi connectivity index (χ3v) is 7.61. The minimum Gasteiger partial charge on any atom is -0.466 e. The lowest BCUT2D eigenvalue weighted by atomic mass is 9.93. The van der Waals surface area contributed by atoms with Crippen molar-refractivity contribution in [3.8, 4) is 0 Å². The fraction of sp³-hybridized carbons (Fsp3) is 0.743. The van der Waals surface area contributed by atoms with E-state index in [4.69, 9.17) is 9.47 Å². The van der Waals surface area contributed by atoms with Crippen molar-refractivity contribution in [2.24, 2.45) is 5.92 Å². The van der Waals surface area contributed by atoms with Crippen LogP contribution in [0, 0.1) is 5.92 Å². The smallest absolute Gasteiger partial charge is 0.316 e. The van der Waals surface area contributed by atoms with Crippen molar-refractivity contribution in [1.82, 2.24) is 0 Å². The fourth-order valence-electron chi connectivity index (χ4n) is 5.13. The van der Waals surface area contributed by atoms with Gasteiger partial charge in [0.25, 0.3) is 0 Å². The molecular formula is C35H59NO5. The topological polar surface area (TPSA) is 81.7 Å². The molecule has 0 aliphatic heterocycles. The Kier molecular flexibility index (Phi) is 22.7. The second-order valence-corrected chi connectivity index (χ2v) is 11.2. The molecule has 0 saturated heterocycles. The predicted octanol–water partition coefficient (Wildman–Crippen LogP) is 9.46. The molecule has 0 spiro atoms. The van der Waals surface area contributed by atoms with Crippen LogP contribution in [0.3, 0.4) is 0 Å². The highest BCUT2D eigenvalue weighted by atomic mass is 16.5. The van der Waals surface area contributed by atoms with Crippen LogP contribution in [0.25, 0.3) is 0 Å². The fourth-order valence-corrected chi connectivity index (χ4v) is 5.13. The first-order valence-corrected chi connectivity index (χ1v) is 16.7. The lowest BCUT2D eigenvalue weighted by Gasteiger charge is -2.15. The predicted molar refractivity (Wildman–Crippen MR) is 169 cm³/mol. The van der Waals surface area contributed by atoms with Gasteiger partial charge in [-0.05, 0) is 51.0 Å². The average molecular weight is 574 g/mol. The van der Waals surface area contributed by atoms with Gasteiger partial charge in [0, 0.05) is 24.2 Å². The molecule has 0 heterocycles. The van der Waals surface area contributed by atoms with Crippen molar-refractivity contribution in [3.05, 3.63) is 29.8 Å². The van der Waals surface area contributed by atoms with Crippen LogP contribution in [0.5, 0.6) is 0 Å². The van der Waals surface area contributed by atoms with Crippen LogP contribution in [0.4, 0.5) is 5.69 Å². The minimum absolute atomic E-state index is 0.00204. The second-order valence-electron chi connectivity index (χ2n) is 11.2. The van der Waals surface area contributed by atoms with Crippen LogP contribution in [0.2, 0.25) is 0 Å². The summed E-state index contributed by atoms with van der Waals surface area (Å²) in [5.74, 6) is -2.35. The van der Waals surface area contributed by atoms with Crippen LogP contribution in [0.1, 0.15) is 153 Å². The van der Waals surface area contributed by atoms with Gasteiger partial charge in [-0.2, -0.15) is 0 Å². The zero-order chi connectivity index (χ0) is 30.0. The van der Waals surface area contributed by atoms with E-state index < -0.39 is 17.9 Å². The van der Waals surface area contributed by atoms with Gasteiger partial charge in [0.05, 0.1) is 13.2 Å². The van der Waals surface area contributed by atoms with Crippen LogP contribution >= 0.6 is 0 Å². The molecule has 0 amide bonds. The Hall–Kier alpha value is -2.37. The molecule has 0 aromatic heterocycles. The Balaban J connectivity index is 2.15. The largest absolute Gasteiger partial charge is 0.466 e. The third-order valence-electron chi connectivity index (χ3n) is 7.61. The summed E-state index contributed by atoms with van der Waals surface area (Å²) in [5, 5.41) is 3.43. The normalized spacial score (nSPS) is 11.7. The number of esters is 2. The van der Waals surface area contributed by atoms with Crippen molar-refractivity contribution in [2.45, 2.75) is 143 Å². The zero-order valence-corrected chi connectivity index (χ0v) is 26.5. The molecule has 1 N–H and O–H groups in total. The van der Waals surface area contributed by atoms with Gasteiger partial charge in [-0.25, -0.2) is 0 Å². The molecule has 1 aromatic rings. The number of ether oxygens (including phenoxy) is 2. The van der Waals surface area contributed by atoms with E-state index in [1.807, 2.05) is 12.1 Å². The maximum Gasteiger partial charge on any atom is 0.316 e. The lowest BCUT2D eigenvalue weighted by Crippen LogP contribution is -2.27. The molecule has 0 aliphatic carbocycles. The van der Waals surface area contributed by atoms with Crippen molar-refractivity contribution in [2.75, 3.05) is 25.1 Å². The summed E-state index contributed by atoms with van der Waals surface area (Å²) in [4.78, 5) is 37.1. The molecule has 1 unspecified atom stereocenters. The van der Waals surface area contributed by atoms with Crippen molar-refractivity contribution < 1.29 is 23.9 Å². The highest BCUT2D eigenvalue weighted by Crippen LogP contribution is 2.20. The first-order chi connectivity index (χ1) is 20.0. The Bertz CT molecular complexity index is 807. The average Bonchev–Trinajstić information content (AvgIpc) is 2.97. The number of anilines is 1. The zero-order valence-electron chi connectivity index (χ0n) is 26.5. The monoisotopic (exact) mass is 573 g/mol. The highest BCUT2D eigenvalue weighted by molar-refractivity contribution is 6.08. The van der Waals surface area contributed by atoms with E-state index in [0.717, 1.165) is 18.7 Å². The number of rotatable bonds is 27. The molecule has 6 heteroatoms.